The van der Waals surface area contributed by atoms with Gasteiger partial charge in [0.25, 0.3) is 0 Å². The largest absolute Gasteiger partial charge is 0.394 e. The molecule has 9 nitrogen and oxygen atoms in total. The first-order valence-electron chi connectivity index (χ1n) is 11.0. The molecule has 194 valence electrons. The Labute approximate surface area is 217 Å². The lowest BCUT2D eigenvalue weighted by Crippen LogP contribution is -2.45. The van der Waals surface area contributed by atoms with Crippen molar-refractivity contribution in [3.63, 3.8) is 0 Å². The second-order valence-corrected chi connectivity index (χ2v) is 9.70. The van der Waals surface area contributed by atoms with Gasteiger partial charge in [-0.3, -0.25) is 4.57 Å². The molecule has 2 aromatic heterocycles. The Balaban J connectivity index is 1.48. The molecule has 2 N–H and O–H groups in total. The standard InChI is InChI=1S/C23H20ClF3N6O3S/c1-37-14-5-12(24)4-13(6-14)32-10-28-30-23(32)19-7-18(22(35)20(9-34)36-19)33-8-17(29-31-33)11-2-15(25)21(27)16(26)3-11/h2-6,8,10,18-20,22,34-35H,7,9H2,1H3. The van der Waals surface area contributed by atoms with Crippen molar-refractivity contribution in [1.29, 1.82) is 0 Å². The SMILES string of the molecule is CSc1cc(Cl)cc(-n2cnnc2C2CC(n3cc(-c4cc(F)c(F)c(F)c4)nn3)C(O)C(CO)O2)c1. The molecule has 0 amide bonds. The summed E-state index contributed by atoms with van der Waals surface area (Å²) in [5, 5.41) is 37.5. The molecule has 3 heterocycles. The number of aliphatic hydroxyl groups excluding tert-OH is 2. The zero-order chi connectivity index (χ0) is 26.3. The topological polar surface area (TPSA) is 111 Å². The molecule has 0 spiro atoms. The number of aliphatic hydroxyl groups is 2. The van der Waals surface area contributed by atoms with Gasteiger partial charge in [-0.2, -0.15) is 0 Å². The van der Waals surface area contributed by atoms with Crippen molar-refractivity contribution in [2.75, 3.05) is 12.9 Å². The summed E-state index contributed by atoms with van der Waals surface area (Å²) in [4.78, 5) is 0.928. The van der Waals surface area contributed by atoms with Crippen molar-refractivity contribution in [2.45, 2.75) is 35.7 Å². The van der Waals surface area contributed by atoms with Crippen molar-refractivity contribution in [1.82, 2.24) is 29.8 Å². The van der Waals surface area contributed by atoms with Crippen LogP contribution in [0.4, 0.5) is 13.2 Å². The van der Waals surface area contributed by atoms with Crippen molar-refractivity contribution in [3.05, 3.63) is 71.2 Å². The van der Waals surface area contributed by atoms with Gasteiger partial charge >= 0.3 is 0 Å². The van der Waals surface area contributed by atoms with Crippen LogP contribution in [0, 0.1) is 17.5 Å². The maximum absolute atomic E-state index is 13.7. The average Bonchev–Trinajstić information content (AvgIpc) is 3.57. The van der Waals surface area contributed by atoms with Crippen LogP contribution in [0.25, 0.3) is 16.9 Å². The van der Waals surface area contributed by atoms with Crippen LogP contribution in [0.2, 0.25) is 5.02 Å². The highest BCUT2D eigenvalue weighted by molar-refractivity contribution is 7.98. The van der Waals surface area contributed by atoms with E-state index in [4.69, 9.17) is 16.3 Å². The van der Waals surface area contributed by atoms with Gasteiger partial charge < -0.3 is 14.9 Å². The van der Waals surface area contributed by atoms with E-state index in [-0.39, 0.29) is 17.7 Å². The number of nitrogens with zero attached hydrogens (tertiary/aromatic N) is 6. The smallest absolute Gasteiger partial charge is 0.194 e. The van der Waals surface area contributed by atoms with Gasteiger partial charge in [-0.1, -0.05) is 16.8 Å². The van der Waals surface area contributed by atoms with Gasteiger partial charge in [0.1, 0.15) is 30.3 Å². The normalized spacial score (nSPS) is 21.9. The highest BCUT2D eigenvalue weighted by Gasteiger charge is 2.41. The zero-order valence-electron chi connectivity index (χ0n) is 19.2. The van der Waals surface area contributed by atoms with Crippen LogP contribution in [0.3, 0.4) is 0 Å². The second kappa shape index (κ2) is 10.4. The van der Waals surface area contributed by atoms with Gasteiger partial charge in [0.05, 0.1) is 24.5 Å². The van der Waals surface area contributed by atoms with E-state index in [1.807, 2.05) is 18.4 Å². The van der Waals surface area contributed by atoms with E-state index >= 15 is 0 Å². The molecule has 2 aromatic carbocycles. The van der Waals surface area contributed by atoms with E-state index in [0.717, 1.165) is 17.0 Å². The first-order chi connectivity index (χ1) is 17.8. The summed E-state index contributed by atoms with van der Waals surface area (Å²) in [6.45, 7) is -0.494. The van der Waals surface area contributed by atoms with Gasteiger partial charge in [-0.15, -0.1) is 27.1 Å². The van der Waals surface area contributed by atoms with Crippen LogP contribution in [0.1, 0.15) is 24.4 Å². The summed E-state index contributed by atoms with van der Waals surface area (Å²) < 4.78 is 49.8. The van der Waals surface area contributed by atoms with Crippen LogP contribution in [-0.2, 0) is 4.74 Å². The summed E-state index contributed by atoms with van der Waals surface area (Å²) in [7, 11) is 0. The summed E-state index contributed by atoms with van der Waals surface area (Å²) in [5.41, 5.74) is 0.747. The molecule has 1 saturated heterocycles. The van der Waals surface area contributed by atoms with Gasteiger partial charge in [-0.05, 0) is 36.6 Å². The number of ether oxygens (including phenoxy) is 1. The fraction of sp³-hybridized carbons (Fsp3) is 0.304. The molecule has 1 fully saturated rings. The highest BCUT2D eigenvalue weighted by atomic mass is 35.5. The number of thioether (sulfide) groups is 1. The summed E-state index contributed by atoms with van der Waals surface area (Å²) >= 11 is 7.80. The predicted molar refractivity (Wildman–Crippen MR) is 128 cm³/mol. The predicted octanol–water partition coefficient (Wildman–Crippen LogP) is 3.74. The van der Waals surface area contributed by atoms with E-state index in [2.05, 4.69) is 20.5 Å². The monoisotopic (exact) mass is 552 g/mol. The summed E-state index contributed by atoms with van der Waals surface area (Å²) in [6.07, 6.45) is 2.05. The molecular weight excluding hydrogens is 533 g/mol. The zero-order valence-corrected chi connectivity index (χ0v) is 20.7. The maximum Gasteiger partial charge on any atom is 0.194 e. The van der Waals surface area contributed by atoms with Crippen LogP contribution < -0.4 is 0 Å². The molecule has 0 bridgehead atoms. The van der Waals surface area contributed by atoms with E-state index in [1.165, 1.54) is 29.0 Å². The lowest BCUT2D eigenvalue weighted by molar-refractivity contribution is -0.161. The number of halogens is 4. The molecule has 0 aliphatic carbocycles. The lowest BCUT2D eigenvalue weighted by Gasteiger charge is -2.38. The first kappa shape index (κ1) is 25.7. The van der Waals surface area contributed by atoms with E-state index in [0.29, 0.717) is 16.5 Å². The van der Waals surface area contributed by atoms with Crippen LogP contribution in [0.15, 0.2) is 47.8 Å². The lowest BCUT2D eigenvalue weighted by atomic mass is 9.95. The minimum atomic E-state index is -1.59. The third-order valence-corrected chi connectivity index (χ3v) is 7.04. The maximum atomic E-state index is 13.7. The number of rotatable bonds is 6. The molecule has 4 atom stereocenters. The van der Waals surface area contributed by atoms with Gasteiger partial charge in [0.2, 0.25) is 0 Å². The molecule has 5 rings (SSSR count). The van der Waals surface area contributed by atoms with Crippen molar-refractivity contribution >= 4 is 23.4 Å². The molecule has 4 aromatic rings. The first-order valence-corrected chi connectivity index (χ1v) is 12.6. The van der Waals surface area contributed by atoms with Crippen LogP contribution in [-0.4, -0.2) is 65.0 Å². The van der Waals surface area contributed by atoms with E-state index < -0.39 is 48.4 Å². The fourth-order valence-electron chi connectivity index (χ4n) is 4.28. The Morgan fingerprint density at radius 1 is 1.14 bits per heavy atom. The molecule has 37 heavy (non-hydrogen) atoms. The molecule has 14 heteroatoms. The number of aromatic nitrogens is 6. The molecule has 0 radical (unpaired) electrons. The minimum Gasteiger partial charge on any atom is -0.394 e. The Kier molecular flexibility index (Phi) is 7.23. The Morgan fingerprint density at radius 2 is 1.89 bits per heavy atom. The van der Waals surface area contributed by atoms with Gasteiger partial charge in [0.15, 0.2) is 23.3 Å². The molecule has 1 aliphatic rings. The summed E-state index contributed by atoms with van der Waals surface area (Å²) in [6, 6.07) is 6.35. The quantitative estimate of drug-likeness (QED) is 0.275. The fourth-order valence-corrected chi connectivity index (χ4v) is 5.05. The number of benzene rings is 2. The highest BCUT2D eigenvalue weighted by Crippen LogP contribution is 2.38. The minimum absolute atomic E-state index is 0.0234. The average molecular weight is 553 g/mol. The van der Waals surface area contributed by atoms with Crippen molar-refractivity contribution in [2.24, 2.45) is 0 Å². The molecule has 1 aliphatic heterocycles. The third kappa shape index (κ3) is 4.97. The van der Waals surface area contributed by atoms with Crippen LogP contribution >= 0.6 is 23.4 Å². The number of hydrogen-bond donors (Lipinski definition) is 2. The third-order valence-electron chi connectivity index (χ3n) is 6.11. The van der Waals surface area contributed by atoms with Crippen LogP contribution in [0.5, 0.6) is 0 Å². The van der Waals surface area contributed by atoms with E-state index in [1.54, 1.807) is 10.6 Å². The van der Waals surface area contributed by atoms with Crippen molar-refractivity contribution < 1.29 is 28.1 Å². The molecule has 4 unspecified atom stereocenters. The Hall–Kier alpha value is -2.97. The van der Waals surface area contributed by atoms with Gasteiger partial charge in [-0.25, -0.2) is 17.9 Å². The van der Waals surface area contributed by atoms with Gasteiger partial charge in [0, 0.05) is 21.9 Å². The summed E-state index contributed by atoms with van der Waals surface area (Å²) in [5.74, 6) is -3.90. The molecular formula is C23H20ClF3N6O3S. The Morgan fingerprint density at radius 3 is 2.59 bits per heavy atom. The van der Waals surface area contributed by atoms with E-state index in [9.17, 15) is 23.4 Å². The molecule has 0 saturated carbocycles. The number of hydrogen-bond acceptors (Lipinski definition) is 8. The van der Waals surface area contributed by atoms with Crippen molar-refractivity contribution in [3.8, 4) is 16.9 Å². The second-order valence-electron chi connectivity index (χ2n) is 8.39. The Bertz CT molecular complexity index is 1410.